The summed E-state index contributed by atoms with van der Waals surface area (Å²) in [4.78, 5) is 11.9. The molecule has 0 amide bonds. The lowest BCUT2D eigenvalue weighted by Crippen LogP contribution is -2.16. The molecule has 0 aliphatic heterocycles. The summed E-state index contributed by atoms with van der Waals surface area (Å²) in [5.41, 5.74) is 2.50. The van der Waals surface area contributed by atoms with Crippen LogP contribution < -0.4 is 0 Å². The molecule has 0 fully saturated rings. The Morgan fingerprint density at radius 2 is 2.06 bits per heavy atom. The Kier molecular flexibility index (Phi) is 3.77. The molecule has 1 heterocycles. The second-order valence-electron chi connectivity index (χ2n) is 4.06. The topological polar surface area (TPSA) is 44.1 Å². The Balaban J connectivity index is 2.34. The number of benzene rings is 1. The summed E-state index contributed by atoms with van der Waals surface area (Å²) >= 11 is 0. The van der Waals surface area contributed by atoms with Gasteiger partial charge in [0.05, 0.1) is 18.0 Å². The maximum Gasteiger partial charge on any atom is 0.435 e. The Morgan fingerprint density at radius 3 is 2.72 bits per heavy atom. The maximum absolute atomic E-state index is 11.9. The lowest BCUT2D eigenvalue weighted by molar-refractivity contribution is 0.145. The number of ether oxygens (including phenoxy) is 1. The first-order valence-corrected chi connectivity index (χ1v) is 6.01. The molecule has 2 rings (SSSR count). The molecular weight excluding hydrogens is 228 g/mol. The second-order valence-corrected chi connectivity index (χ2v) is 4.06. The van der Waals surface area contributed by atoms with Crippen LogP contribution in [0.5, 0.6) is 0 Å². The highest BCUT2D eigenvalue weighted by atomic mass is 16.6. The molecule has 0 aliphatic rings. The van der Waals surface area contributed by atoms with Crippen molar-refractivity contribution in [1.82, 2.24) is 9.78 Å². The molecule has 4 heteroatoms. The van der Waals surface area contributed by atoms with Crippen LogP contribution in [-0.4, -0.2) is 22.5 Å². The molecule has 0 saturated heterocycles. The third-order valence-electron chi connectivity index (χ3n) is 2.50. The quantitative estimate of drug-likeness (QED) is 0.832. The van der Waals surface area contributed by atoms with Gasteiger partial charge >= 0.3 is 6.09 Å². The highest BCUT2D eigenvalue weighted by molar-refractivity contribution is 5.77. The average Bonchev–Trinajstić information content (AvgIpc) is 2.79. The second kappa shape index (κ2) is 5.49. The summed E-state index contributed by atoms with van der Waals surface area (Å²) in [6.07, 6.45) is 0.371. The van der Waals surface area contributed by atoms with Crippen molar-refractivity contribution in [3.63, 3.8) is 0 Å². The first kappa shape index (κ1) is 12.4. The summed E-state index contributed by atoms with van der Waals surface area (Å²) in [5.74, 6) is 0. The monoisotopic (exact) mass is 244 g/mol. The Bertz CT molecular complexity index is 532. The molecule has 0 atom stereocenters. The lowest BCUT2D eigenvalue weighted by atomic mass is 10.1. The van der Waals surface area contributed by atoms with E-state index in [0.717, 1.165) is 23.4 Å². The van der Waals surface area contributed by atoms with Crippen molar-refractivity contribution in [2.45, 2.75) is 20.3 Å². The lowest BCUT2D eigenvalue weighted by Gasteiger charge is -2.06. The van der Waals surface area contributed by atoms with Gasteiger partial charge in [0.1, 0.15) is 0 Å². The van der Waals surface area contributed by atoms with Crippen molar-refractivity contribution in [1.29, 1.82) is 0 Å². The van der Waals surface area contributed by atoms with E-state index in [1.807, 2.05) is 50.2 Å². The zero-order chi connectivity index (χ0) is 13.0. The summed E-state index contributed by atoms with van der Waals surface area (Å²) in [6.45, 7) is 4.22. The SMILES string of the molecule is CCCOC(=O)n1nc(C)cc1-c1ccccc1. The third kappa shape index (κ3) is 2.59. The van der Waals surface area contributed by atoms with Crippen molar-refractivity contribution in [2.24, 2.45) is 0 Å². The predicted molar refractivity (Wildman–Crippen MR) is 69.4 cm³/mol. The van der Waals surface area contributed by atoms with Gasteiger partial charge in [-0.1, -0.05) is 37.3 Å². The van der Waals surface area contributed by atoms with Crippen LogP contribution in [0.1, 0.15) is 19.0 Å². The van der Waals surface area contributed by atoms with E-state index in [9.17, 15) is 4.79 Å². The van der Waals surface area contributed by atoms with Gasteiger partial charge in [0.15, 0.2) is 0 Å². The maximum atomic E-state index is 11.9. The Morgan fingerprint density at radius 1 is 1.33 bits per heavy atom. The summed E-state index contributed by atoms with van der Waals surface area (Å²) < 4.78 is 6.43. The molecule has 0 spiro atoms. The molecule has 0 aliphatic carbocycles. The van der Waals surface area contributed by atoms with Crippen LogP contribution in [0, 0.1) is 6.92 Å². The number of carbonyl (C=O) groups excluding carboxylic acids is 1. The van der Waals surface area contributed by atoms with Crippen LogP contribution in [0.15, 0.2) is 36.4 Å². The number of hydrogen-bond donors (Lipinski definition) is 0. The summed E-state index contributed by atoms with van der Waals surface area (Å²) in [7, 11) is 0. The summed E-state index contributed by atoms with van der Waals surface area (Å²) in [6, 6.07) is 11.6. The first-order chi connectivity index (χ1) is 8.72. The van der Waals surface area contributed by atoms with Gasteiger partial charge < -0.3 is 4.74 Å². The van der Waals surface area contributed by atoms with E-state index < -0.39 is 6.09 Å². The van der Waals surface area contributed by atoms with Crippen molar-refractivity contribution in [3.8, 4) is 11.3 Å². The molecular formula is C14H16N2O2. The van der Waals surface area contributed by atoms with Crippen LogP contribution in [0.25, 0.3) is 11.3 Å². The predicted octanol–water partition coefficient (Wildman–Crippen LogP) is 3.25. The van der Waals surface area contributed by atoms with Gasteiger partial charge in [-0.3, -0.25) is 0 Å². The largest absolute Gasteiger partial charge is 0.448 e. The van der Waals surface area contributed by atoms with Gasteiger partial charge in [-0.15, -0.1) is 0 Å². The number of rotatable bonds is 3. The smallest absolute Gasteiger partial charge is 0.435 e. The highest BCUT2D eigenvalue weighted by Crippen LogP contribution is 2.20. The molecule has 0 unspecified atom stereocenters. The van der Waals surface area contributed by atoms with E-state index in [2.05, 4.69) is 5.10 Å². The number of aryl methyl sites for hydroxylation is 1. The van der Waals surface area contributed by atoms with Crippen molar-refractivity contribution in [3.05, 3.63) is 42.1 Å². The summed E-state index contributed by atoms with van der Waals surface area (Å²) in [5, 5.41) is 4.18. The van der Waals surface area contributed by atoms with Crippen LogP contribution in [0.3, 0.4) is 0 Å². The molecule has 4 nitrogen and oxygen atoms in total. The number of nitrogens with zero attached hydrogens (tertiary/aromatic N) is 2. The number of carbonyl (C=O) groups is 1. The normalized spacial score (nSPS) is 10.3. The van der Waals surface area contributed by atoms with E-state index in [1.54, 1.807) is 0 Å². The molecule has 2 aromatic rings. The van der Waals surface area contributed by atoms with Crippen molar-refractivity contribution >= 4 is 6.09 Å². The molecule has 0 bridgehead atoms. The minimum absolute atomic E-state index is 0.409. The van der Waals surface area contributed by atoms with Crippen molar-refractivity contribution in [2.75, 3.05) is 6.61 Å². The molecule has 0 radical (unpaired) electrons. The first-order valence-electron chi connectivity index (χ1n) is 6.01. The molecule has 94 valence electrons. The van der Waals surface area contributed by atoms with E-state index in [-0.39, 0.29) is 0 Å². The molecule has 18 heavy (non-hydrogen) atoms. The number of hydrogen-bond acceptors (Lipinski definition) is 3. The molecule has 1 aromatic heterocycles. The minimum atomic E-state index is -0.427. The standard InChI is InChI=1S/C14H16N2O2/c1-3-9-18-14(17)16-13(10-11(2)15-16)12-7-5-4-6-8-12/h4-8,10H,3,9H2,1-2H3. The Labute approximate surface area is 106 Å². The van der Waals surface area contributed by atoms with Gasteiger partial charge in [-0.2, -0.15) is 9.78 Å². The molecule has 0 N–H and O–H groups in total. The van der Waals surface area contributed by atoms with E-state index in [0.29, 0.717) is 6.61 Å². The van der Waals surface area contributed by atoms with Crippen molar-refractivity contribution < 1.29 is 9.53 Å². The highest BCUT2D eigenvalue weighted by Gasteiger charge is 2.14. The fourth-order valence-corrected chi connectivity index (χ4v) is 1.70. The fourth-order valence-electron chi connectivity index (χ4n) is 1.70. The van der Waals surface area contributed by atoms with Crippen LogP contribution >= 0.6 is 0 Å². The zero-order valence-corrected chi connectivity index (χ0v) is 10.6. The van der Waals surface area contributed by atoms with Gasteiger partial charge in [0, 0.05) is 5.56 Å². The van der Waals surface area contributed by atoms with Crippen LogP contribution in [0.4, 0.5) is 4.79 Å². The van der Waals surface area contributed by atoms with E-state index in [4.69, 9.17) is 4.74 Å². The Hall–Kier alpha value is -2.10. The molecule has 1 aromatic carbocycles. The number of aromatic nitrogens is 2. The van der Waals surface area contributed by atoms with Gasteiger partial charge in [-0.05, 0) is 19.4 Å². The van der Waals surface area contributed by atoms with E-state index >= 15 is 0 Å². The van der Waals surface area contributed by atoms with Gasteiger partial charge in [0.25, 0.3) is 0 Å². The fraction of sp³-hybridized carbons (Fsp3) is 0.286. The van der Waals surface area contributed by atoms with Crippen LogP contribution in [-0.2, 0) is 4.74 Å². The van der Waals surface area contributed by atoms with Gasteiger partial charge in [-0.25, -0.2) is 4.79 Å². The molecule has 0 saturated carbocycles. The zero-order valence-electron chi connectivity index (χ0n) is 10.6. The van der Waals surface area contributed by atoms with Crippen LogP contribution in [0.2, 0.25) is 0 Å². The minimum Gasteiger partial charge on any atom is -0.448 e. The van der Waals surface area contributed by atoms with Gasteiger partial charge in [0.2, 0.25) is 0 Å². The third-order valence-corrected chi connectivity index (χ3v) is 2.50. The van der Waals surface area contributed by atoms with E-state index in [1.165, 1.54) is 4.68 Å². The average molecular weight is 244 g/mol.